The third-order valence-corrected chi connectivity index (χ3v) is 3.02. The summed E-state index contributed by atoms with van der Waals surface area (Å²) >= 11 is 5.65. The highest BCUT2D eigenvalue weighted by Gasteiger charge is 2.06. The maximum Gasteiger partial charge on any atom is 0.166 e. The Kier molecular flexibility index (Phi) is 4.27. The number of anilines is 1. The number of benzene rings is 2. The van der Waals surface area contributed by atoms with E-state index in [0.717, 1.165) is 11.3 Å². The van der Waals surface area contributed by atoms with Gasteiger partial charge in [0.15, 0.2) is 11.6 Å². The number of halogens is 2. The standard InChI is InChI=1S/C15H15ClFNO/c1-18(2)12-4-3-5-13(9-12)19-15-7-6-11(10-16)8-14(15)17/h3-9H,10H2,1-2H3. The van der Waals surface area contributed by atoms with Crippen molar-refractivity contribution in [3.8, 4) is 11.5 Å². The molecule has 0 unspecified atom stereocenters. The Bertz CT molecular complexity index is 572. The van der Waals surface area contributed by atoms with Gasteiger partial charge in [-0.2, -0.15) is 0 Å². The summed E-state index contributed by atoms with van der Waals surface area (Å²) < 4.78 is 19.3. The lowest BCUT2D eigenvalue weighted by Crippen LogP contribution is -2.08. The topological polar surface area (TPSA) is 12.5 Å². The van der Waals surface area contributed by atoms with Gasteiger partial charge in [0.1, 0.15) is 5.75 Å². The summed E-state index contributed by atoms with van der Waals surface area (Å²) in [5, 5.41) is 0. The van der Waals surface area contributed by atoms with E-state index in [4.69, 9.17) is 16.3 Å². The molecule has 0 saturated carbocycles. The quantitative estimate of drug-likeness (QED) is 0.768. The lowest BCUT2D eigenvalue weighted by molar-refractivity contribution is 0.442. The van der Waals surface area contributed by atoms with Crippen LogP contribution in [-0.4, -0.2) is 14.1 Å². The number of rotatable bonds is 4. The predicted octanol–water partition coefficient (Wildman–Crippen LogP) is 4.42. The minimum absolute atomic E-state index is 0.199. The summed E-state index contributed by atoms with van der Waals surface area (Å²) in [5.74, 6) is 0.676. The molecule has 100 valence electrons. The SMILES string of the molecule is CN(C)c1cccc(Oc2ccc(CCl)cc2F)c1. The fourth-order valence-electron chi connectivity index (χ4n) is 1.66. The second kappa shape index (κ2) is 5.93. The van der Waals surface area contributed by atoms with Crippen molar-refractivity contribution in [3.63, 3.8) is 0 Å². The minimum atomic E-state index is -0.409. The molecule has 0 amide bonds. The van der Waals surface area contributed by atoms with Crippen LogP contribution in [0.5, 0.6) is 11.5 Å². The van der Waals surface area contributed by atoms with Gasteiger partial charge in [0, 0.05) is 31.7 Å². The molecular formula is C15H15ClFNO. The molecule has 0 radical (unpaired) electrons. The Morgan fingerprint density at radius 2 is 1.95 bits per heavy atom. The van der Waals surface area contributed by atoms with Crippen molar-refractivity contribution in [1.29, 1.82) is 0 Å². The van der Waals surface area contributed by atoms with E-state index in [-0.39, 0.29) is 11.6 Å². The fraction of sp³-hybridized carbons (Fsp3) is 0.200. The molecule has 4 heteroatoms. The van der Waals surface area contributed by atoms with Crippen molar-refractivity contribution < 1.29 is 9.13 Å². The maximum atomic E-state index is 13.8. The highest BCUT2D eigenvalue weighted by molar-refractivity contribution is 6.17. The van der Waals surface area contributed by atoms with Crippen molar-refractivity contribution in [2.24, 2.45) is 0 Å². The average Bonchev–Trinajstić information content (AvgIpc) is 2.41. The minimum Gasteiger partial charge on any atom is -0.454 e. The van der Waals surface area contributed by atoms with Crippen LogP contribution in [0.4, 0.5) is 10.1 Å². The van der Waals surface area contributed by atoms with Gasteiger partial charge in [0.05, 0.1) is 0 Å². The van der Waals surface area contributed by atoms with Gasteiger partial charge in [-0.15, -0.1) is 11.6 Å². The van der Waals surface area contributed by atoms with E-state index in [9.17, 15) is 4.39 Å². The third-order valence-electron chi connectivity index (χ3n) is 2.71. The number of hydrogen-bond donors (Lipinski definition) is 0. The van der Waals surface area contributed by atoms with Crippen molar-refractivity contribution >= 4 is 17.3 Å². The van der Waals surface area contributed by atoms with Gasteiger partial charge in [0.2, 0.25) is 0 Å². The first-order valence-corrected chi connectivity index (χ1v) is 6.43. The lowest BCUT2D eigenvalue weighted by Gasteiger charge is -2.14. The second-order valence-electron chi connectivity index (χ2n) is 4.39. The van der Waals surface area contributed by atoms with Crippen molar-refractivity contribution in [3.05, 3.63) is 53.8 Å². The summed E-state index contributed by atoms with van der Waals surface area (Å²) in [7, 11) is 3.88. The van der Waals surface area contributed by atoms with Crippen LogP contribution in [0, 0.1) is 5.82 Å². The monoisotopic (exact) mass is 279 g/mol. The van der Waals surface area contributed by atoms with Crippen LogP contribution in [0.1, 0.15) is 5.56 Å². The normalized spacial score (nSPS) is 10.3. The summed E-state index contributed by atoms with van der Waals surface area (Å²) in [6.07, 6.45) is 0. The van der Waals surface area contributed by atoms with Crippen LogP contribution in [0.3, 0.4) is 0 Å². The van der Waals surface area contributed by atoms with E-state index in [1.807, 2.05) is 37.2 Å². The second-order valence-corrected chi connectivity index (χ2v) is 4.66. The molecule has 0 bridgehead atoms. The van der Waals surface area contributed by atoms with Gasteiger partial charge in [-0.3, -0.25) is 0 Å². The van der Waals surface area contributed by atoms with Crippen LogP contribution in [0.25, 0.3) is 0 Å². The molecule has 19 heavy (non-hydrogen) atoms. The Balaban J connectivity index is 2.23. The lowest BCUT2D eigenvalue weighted by atomic mass is 10.2. The molecule has 2 aromatic carbocycles. The number of ether oxygens (including phenoxy) is 1. The molecule has 2 nitrogen and oxygen atoms in total. The van der Waals surface area contributed by atoms with Crippen LogP contribution in [-0.2, 0) is 5.88 Å². The molecular weight excluding hydrogens is 265 g/mol. The first kappa shape index (κ1) is 13.7. The molecule has 0 aliphatic carbocycles. The Hall–Kier alpha value is -1.74. The van der Waals surface area contributed by atoms with E-state index >= 15 is 0 Å². The van der Waals surface area contributed by atoms with Gasteiger partial charge in [-0.25, -0.2) is 4.39 Å². The summed E-state index contributed by atoms with van der Waals surface area (Å²) in [6.45, 7) is 0. The first-order valence-electron chi connectivity index (χ1n) is 5.90. The third kappa shape index (κ3) is 3.38. The Morgan fingerprint density at radius 1 is 1.16 bits per heavy atom. The summed E-state index contributed by atoms with van der Waals surface area (Å²) in [6, 6.07) is 12.2. The smallest absolute Gasteiger partial charge is 0.166 e. The number of nitrogens with zero attached hydrogens (tertiary/aromatic N) is 1. The number of hydrogen-bond acceptors (Lipinski definition) is 2. The highest BCUT2D eigenvalue weighted by atomic mass is 35.5. The van der Waals surface area contributed by atoms with E-state index in [2.05, 4.69) is 0 Å². The molecule has 2 aromatic rings. The average molecular weight is 280 g/mol. The molecule has 0 N–H and O–H groups in total. The van der Waals surface area contributed by atoms with E-state index in [1.165, 1.54) is 6.07 Å². The van der Waals surface area contributed by atoms with Crippen LogP contribution in [0.15, 0.2) is 42.5 Å². The molecule has 0 atom stereocenters. The van der Waals surface area contributed by atoms with Crippen molar-refractivity contribution in [2.45, 2.75) is 5.88 Å². The maximum absolute atomic E-state index is 13.8. The Labute approximate surface area is 117 Å². The zero-order chi connectivity index (χ0) is 13.8. The number of alkyl halides is 1. The van der Waals surface area contributed by atoms with Gasteiger partial charge >= 0.3 is 0 Å². The summed E-state index contributed by atoms with van der Waals surface area (Å²) in [4.78, 5) is 1.96. The largest absolute Gasteiger partial charge is 0.454 e. The molecule has 0 saturated heterocycles. The molecule has 0 spiro atoms. The fourth-order valence-corrected chi connectivity index (χ4v) is 1.83. The van der Waals surface area contributed by atoms with E-state index in [1.54, 1.807) is 18.2 Å². The highest BCUT2D eigenvalue weighted by Crippen LogP contribution is 2.28. The van der Waals surface area contributed by atoms with E-state index < -0.39 is 5.82 Å². The first-order chi connectivity index (χ1) is 9.10. The van der Waals surface area contributed by atoms with Crippen molar-refractivity contribution in [2.75, 3.05) is 19.0 Å². The predicted molar refractivity (Wildman–Crippen MR) is 76.8 cm³/mol. The van der Waals surface area contributed by atoms with Gasteiger partial charge in [0.25, 0.3) is 0 Å². The molecule has 0 aliphatic heterocycles. The molecule has 2 rings (SSSR count). The molecule has 0 heterocycles. The summed E-state index contributed by atoms with van der Waals surface area (Å²) in [5.41, 5.74) is 1.73. The van der Waals surface area contributed by atoms with E-state index in [0.29, 0.717) is 5.75 Å². The van der Waals surface area contributed by atoms with Gasteiger partial charge in [-0.1, -0.05) is 12.1 Å². The van der Waals surface area contributed by atoms with Crippen LogP contribution < -0.4 is 9.64 Å². The molecule has 0 fully saturated rings. The molecule has 0 aromatic heterocycles. The Morgan fingerprint density at radius 3 is 2.58 bits per heavy atom. The van der Waals surface area contributed by atoms with Crippen LogP contribution in [0.2, 0.25) is 0 Å². The van der Waals surface area contributed by atoms with Crippen molar-refractivity contribution in [1.82, 2.24) is 0 Å². The zero-order valence-corrected chi connectivity index (χ0v) is 11.6. The van der Waals surface area contributed by atoms with Gasteiger partial charge in [-0.05, 0) is 29.8 Å². The van der Waals surface area contributed by atoms with Gasteiger partial charge < -0.3 is 9.64 Å². The molecule has 0 aliphatic rings. The zero-order valence-electron chi connectivity index (χ0n) is 10.9. The van der Waals surface area contributed by atoms with Crippen LogP contribution >= 0.6 is 11.6 Å².